The zero-order valence-corrected chi connectivity index (χ0v) is 12.3. The van der Waals surface area contributed by atoms with Crippen LogP contribution in [0.15, 0.2) is 17.5 Å². The van der Waals surface area contributed by atoms with Crippen LogP contribution in [-0.4, -0.2) is 11.2 Å². The van der Waals surface area contributed by atoms with Gasteiger partial charge < -0.3 is 0 Å². The van der Waals surface area contributed by atoms with E-state index in [0.717, 1.165) is 11.2 Å². The van der Waals surface area contributed by atoms with Crippen LogP contribution in [0.1, 0.15) is 11.8 Å². The summed E-state index contributed by atoms with van der Waals surface area (Å²) in [6.07, 6.45) is 0. The van der Waals surface area contributed by atoms with E-state index in [9.17, 15) is 0 Å². The van der Waals surface area contributed by atoms with Gasteiger partial charge in [0.2, 0.25) is 0 Å². The molecule has 104 valence electrons. The third-order valence-electron chi connectivity index (χ3n) is 0.998. The molecule has 0 saturated carbocycles. The molecule has 0 aliphatic heterocycles. The van der Waals surface area contributed by atoms with Crippen molar-refractivity contribution >= 4 is 15.9 Å². The summed E-state index contributed by atoms with van der Waals surface area (Å²) >= 11 is 4.56. The normalized spacial score (nSPS) is 5.35. The SMILES string of the molecule is CCO[C](=[Cr])c1cccs1.[C-]#[O+].[C-]#[O+].[C-]#[O+].[C-]#[O+].[C-]#[O+]. The molecule has 6 nitrogen and oxygen atoms in total. The number of ether oxygens (including phenoxy) is 1. The van der Waals surface area contributed by atoms with E-state index in [1.54, 1.807) is 11.3 Å². The fourth-order valence-corrected chi connectivity index (χ4v) is 1.73. The molecule has 1 aromatic rings. The van der Waals surface area contributed by atoms with Crippen LogP contribution in [0.4, 0.5) is 0 Å². The van der Waals surface area contributed by atoms with Gasteiger partial charge in [0, 0.05) is 0 Å². The first kappa shape index (κ1) is 31.3. The zero-order chi connectivity index (χ0) is 17.4. The number of hydrogen-bond donors (Lipinski definition) is 0. The molecule has 0 amide bonds. The molecule has 0 radical (unpaired) electrons. The molecule has 0 aromatic carbocycles. The van der Waals surface area contributed by atoms with Crippen molar-refractivity contribution in [3.05, 3.63) is 55.6 Å². The summed E-state index contributed by atoms with van der Waals surface area (Å²) < 4.78 is 43.7. The van der Waals surface area contributed by atoms with Crippen molar-refractivity contribution in [2.45, 2.75) is 6.92 Å². The molecule has 8 heteroatoms. The predicted octanol–water partition coefficient (Wildman–Crippen LogP) is 1.62. The van der Waals surface area contributed by atoms with E-state index in [0.29, 0.717) is 0 Å². The molecule has 1 heterocycles. The average Bonchev–Trinajstić information content (AvgIpc) is 3.12. The van der Waals surface area contributed by atoms with Crippen LogP contribution in [0.3, 0.4) is 0 Å². The summed E-state index contributed by atoms with van der Waals surface area (Å²) in [5.41, 5.74) is 0. The van der Waals surface area contributed by atoms with E-state index in [-0.39, 0.29) is 0 Å². The number of hydrogen-bond acceptors (Lipinski definition) is 2. The topological polar surface area (TPSA) is 109 Å². The van der Waals surface area contributed by atoms with Gasteiger partial charge in [-0.15, -0.1) is 0 Å². The second-order valence-corrected chi connectivity index (χ2v) is 3.22. The van der Waals surface area contributed by atoms with Crippen molar-refractivity contribution in [3.63, 3.8) is 0 Å². The first-order valence-electron chi connectivity index (χ1n) is 4.07. The van der Waals surface area contributed by atoms with Crippen molar-refractivity contribution in [1.29, 1.82) is 0 Å². The quantitative estimate of drug-likeness (QED) is 0.608. The zero-order valence-electron chi connectivity index (χ0n) is 10.2. The van der Waals surface area contributed by atoms with E-state index in [2.05, 4.69) is 49.1 Å². The Kier molecular flexibility index (Phi) is 67.3. The predicted molar refractivity (Wildman–Crippen MR) is 59.7 cm³/mol. The van der Waals surface area contributed by atoms with Gasteiger partial charge in [-0.2, -0.15) is 0 Å². The van der Waals surface area contributed by atoms with Crippen molar-refractivity contribution in [3.8, 4) is 0 Å². The molecule has 0 fully saturated rings. The van der Waals surface area contributed by atoms with E-state index in [1.807, 2.05) is 24.4 Å². The molecule has 20 heavy (non-hydrogen) atoms. The van der Waals surface area contributed by atoms with Crippen LogP contribution >= 0.6 is 11.3 Å². The molecule has 0 bridgehead atoms. The molecule has 0 unspecified atom stereocenters. The van der Waals surface area contributed by atoms with Crippen LogP contribution < -0.4 is 0 Å². The standard InChI is InChI=1S/C7H8OS.5CO.Cr/c1-2-8-6-7-4-3-5-9-7;5*1-2;/h3-5H,2H2,1H3;;;;;;. The minimum atomic E-state index is 0.722. The second-order valence-electron chi connectivity index (χ2n) is 1.70. The van der Waals surface area contributed by atoms with Gasteiger partial charge >= 0.3 is 129 Å². The Morgan fingerprint density at radius 1 is 1.05 bits per heavy atom. The van der Waals surface area contributed by atoms with Gasteiger partial charge in [-0.1, -0.05) is 0 Å². The fourth-order valence-electron chi connectivity index (χ4n) is 0.597. The van der Waals surface area contributed by atoms with Crippen LogP contribution in [0.5, 0.6) is 0 Å². The number of thiophene rings is 1. The summed E-state index contributed by atoms with van der Waals surface area (Å²) in [4.78, 5) is 1.17. The summed E-state index contributed by atoms with van der Waals surface area (Å²) in [5.74, 6) is 0. The Balaban J connectivity index is -0.0000000639. The van der Waals surface area contributed by atoms with Gasteiger partial charge in [-0.05, 0) is 0 Å². The van der Waals surface area contributed by atoms with Crippen LogP contribution in [-0.2, 0) is 43.8 Å². The Morgan fingerprint density at radius 2 is 1.45 bits per heavy atom. The van der Waals surface area contributed by atoms with Crippen LogP contribution in [0.2, 0.25) is 0 Å². The molecule has 1 aromatic heterocycles. The third-order valence-corrected chi connectivity index (χ3v) is 2.61. The van der Waals surface area contributed by atoms with Crippen molar-refractivity contribution in [1.82, 2.24) is 0 Å². The van der Waals surface area contributed by atoms with Crippen LogP contribution in [0.25, 0.3) is 0 Å². The van der Waals surface area contributed by atoms with Gasteiger partial charge in [-0.3, -0.25) is 0 Å². The number of rotatable bonds is 3. The van der Waals surface area contributed by atoms with Gasteiger partial charge in [0.15, 0.2) is 0 Å². The van der Waals surface area contributed by atoms with Crippen molar-refractivity contribution in [2.75, 3.05) is 6.61 Å². The first-order valence-corrected chi connectivity index (χ1v) is 5.59. The molecular formula is C12H8CrO6S. The maximum absolute atomic E-state index is 7.50. The monoisotopic (exact) mass is 332 g/mol. The van der Waals surface area contributed by atoms with E-state index in [4.69, 9.17) is 28.0 Å². The molecular weight excluding hydrogens is 324 g/mol. The van der Waals surface area contributed by atoms with Gasteiger partial charge in [0.1, 0.15) is 0 Å². The Labute approximate surface area is 129 Å². The second kappa shape index (κ2) is 43.1. The van der Waals surface area contributed by atoms with Gasteiger partial charge in [0.05, 0.1) is 0 Å². The Morgan fingerprint density at radius 3 is 1.70 bits per heavy atom. The minimum absolute atomic E-state index is 0.722. The van der Waals surface area contributed by atoms with E-state index < -0.39 is 0 Å². The summed E-state index contributed by atoms with van der Waals surface area (Å²) in [5, 5.41) is 2.03. The summed E-state index contributed by atoms with van der Waals surface area (Å²) in [6.45, 7) is 25.2. The Bertz CT molecular complexity index is 353. The molecule has 0 N–H and O–H groups in total. The van der Waals surface area contributed by atoms with E-state index in [1.165, 1.54) is 4.88 Å². The summed E-state index contributed by atoms with van der Waals surface area (Å²) in [6, 6.07) is 4.04. The molecule has 0 saturated heterocycles. The van der Waals surface area contributed by atoms with Crippen molar-refractivity contribution in [2.24, 2.45) is 0 Å². The maximum atomic E-state index is 7.50. The molecule has 0 aliphatic rings. The fraction of sp³-hybridized carbons (Fsp3) is 0.167. The summed E-state index contributed by atoms with van der Waals surface area (Å²) in [7, 11) is 0. The molecule has 0 aliphatic carbocycles. The average molecular weight is 332 g/mol. The molecule has 1 rings (SSSR count). The van der Waals surface area contributed by atoms with Crippen LogP contribution in [0, 0.1) is 33.3 Å². The Hall–Kier alpha value is -1.24. The first-order chi connectivity index (χ1) is 9.84. The third kappa shape index (κ3) is 25.6. The van der Waals surface area contributed by atoms with Gasteiger partial charge in [0.25, 0.3) is 0 Å². The van der Waals surface area contributed by atoms with E-state index >= 15 is 0 Å². The van der Waals surface area contributed by atoms with Gasteiger partial charge in [-0.25, -0.2) is 0 Å². The molecule has 0 atom stereocenters. The molecule has 0 spiro atoms. The van der Waals surface area contributed by atoms with Crippen molar-refractivity contribution < 1.29 is 43.8 Å².